The highest BCUT2D eigenvalue weighted by atomic mass is 35.5. The highest BCUT2D eigenvalue weighted by Crippen LogP contribution is 2.37. The van der Waals surface area contributed by atoms with Gasteiger partial charge in [0, 0.05) is 18.0 Å². The van der Waals surface area contributed by atoms with E-state index in [0.29, 0.717) is 36.0 Å². The second kappa shape index (κ2) is 7.72. The second-order valence-electron chi connectivity index (χ2n) is 6.47. The molecule has 26 heavy (non-hydrogen) atoms. The fraction of sp³-hybridized carbons (Fsp3) is 0.389. The maximum absolute atomic E-state index is 11.7. The number of piperidine rings is 1. The molecule has 0 aliphatic carbocycles. The van der Waals surface area contributed by atoms with Crippen molar-refractivity contribution in [2.75, 3.05) is 18.0 Å². The van der Waals surface area contributed by atoms with Gasteiger partial charge in [-0.15, -0.1) is 0 Å². The number of nitrogens with two attached hydrogens (primary N) is 1. The van der Waals surface area contributed by atoms with E-state index in [4.69, 9.17) is 28.9 Å². The quantitative estimate of drug-likeness (QED) is 0.816. The Morgan fingerprint density at radius 3 is 2.62 bits per heavy atom. The lowest BCUT2D eigenvalue weighted by atomic mass is 9.85. The molecule has 5 nitrogen and oxygen atoms in total. The highest BCUT2D eigenvalue weighted by molar-refractivity contribution is 7.99. The van der Waals surface area contributed by atoms with Gasteiger partial charge in [0.05, 0.1) is 27.5 Å². The molecule has 8 heteroatoms. The van der Waals surface area contributed by atoms with E-state index in [0.717, 1.165) is 21.4 Å². The van der Waals surface area contributed by atoms with Gasteiger partial charge in [0.15, 0.2) is 0 Å². The minimum Gasteiger partial charge on any atom is -0.355 e. The normalized spacial score (nSPS) is 16.6. The molecule has 1 aromatic carbocycles. The molecule has 0 saturated carbocycles. The molecule has 0 unspecified atom stereocenters. The largest absolute Gasteiger partial charge is 0.355 e. The monoisotopic (exact) mass is 410 g/mol. The standard InChI is InChI=1S/C18H20Cl2N4OS/c1-11-17(26-14-5-3-4-13(19)16(14)20)22-10-15(23-11)24-8-6-18(21,7-9-24)12(2)25/h3-5,10H,6-9,21H2,1-2H3. The summed E-state index contributed by atoms with van der Waals surface area (Å²) in [6.07, 6.45) is 3.00. The molecule has 1 aromatic heterocycles. The van der Waals surface area contributed by atoms with Gasteiger partial charge in [-0.2, -0.15) is 0 Å². The lowest BCUT2D eigenvalue weighted by molar-refractivity contribution is -0.122. The number of aromatic nitrogens is 2. The summed E-state index contributed by atoms with van der Waals surface area (Å²) in [4.78, 5) is 23.9. The minimum atomic E-state index is -0.710. The van der Waals surface area contributed by atoms with Crippen LogP contribution in [0.4, 0.5) is 5.82 Å². The Morgan fingerprint density at radius 2 is 2.00 bits per heavy atom. The van der Waals surface area contributed by atoms with Crippen LogP contribution in [0.1, 0.15) is 25.5 Å². The van der Waals surface area contributed by atoms with Gasteiger partial charge in [-0.05, 0) is 38.8 Å². The molecule has 138 valence electrons. The molecule has 0 atom stereocenters. The van der Waals surface area contributed by atoms with Gasteiger partial charge in [-0.25, -0.2) is 9.97 Å². The number of carbonyl (C=O) groups is 1. The first-order valence-corrected chi connectivity index (χ1v) is 9.88. The van der Waals surface area contributed by atoms with Gasteiger partial charge >= 0.3 is 0 Å². The third kappa shape index (κ3) is 3.98. The summed E-state index contributed by atoms with van der Waals surface area (Å²) < 4.78 is 0. The molecular formula is C18H20Cl2N4OS. The SMILES string of the molecule is CC(=O)C1(N)CCN(c2cnc(Sc3cccc(Cl)c3Cl)c(C)n2)CC1. The molecule has 1 saturated heterocycles. The maximum Gasteiger partial charge on any atom is 0.149 e. The van der Waals surface area contributed by atoms with Gasteiger partial charge < -0.3 is 10.6 Å². The molecule has 3 rings (SSSR count). The summed E-state index contributed by atoms with van der Waals surface area (Å²) >= 11 is 13.8. The van der Waals surface area contributed by atoms with Crippen LogP contribution in [0.15, 0.2) is 34.3 Å². The molecule has 1 aliphatic rings. The molecule has 0 spiro atoms. The Morgan fingerprint density at radius 1 is 1.31 bits per heavy atom. The number of hydrogen-bond donors (Lipinski definition) is 1. The third-order valence-corrected chi connectivity index (χ3v) is 6.78. The molecule has 0 amide bonds. The van der Waals surface area contributed by atoms with E-state index in [2.05, 4.69) is 14.9 Å². The average Bonchev–Trinajstić information content (AvgIpc) is 2.61. The van der Waals surface area contributed by atoms with Crippen molar-refractivity contribution in [3.05, 3.63) is 40.1 Å². The van der Waals surface area contributed by atoms with Crippen molar-refractivity contribution in [3.8, 4) is 0 Å². The summed E-state index contributed by atoms with van der Waals surface area (Å²) in [5, 5.41) is 1.82. The Labute approximate surface area is 167 Å². The summed E-state index contributed by atoms with van der Waals surface area (Å²) in [5.74, 6) is 0.846. The minimum absolute atomic E-state index is 0.0459. The smallest absolute Gasteiger partial charge is 0.149 e. The van der Waals surface area contributed by atoms with E-state index < -0.39 is 5.54 Å². The van der Waals surface area contributed by atoms with Gasteiger partial charge in [-0.3, -0.25) is 4.79 Å². The number of aryl methyl sites for hydroxylation is 1. The zero-order valence-electron chi connectivity index (χ0n) is 14.6. The first kappa shape index (κ1) is 19.4. The Balaban J connectivity index is 1.74. The summed E-state index contributed by atoms with van der Waals surface area (Å²) in [6, 6.07) is 5.51. The van der Waals surface area contributed by atoms with Gasteiger partial charge in [0.25, 0.3) is 0 Å². The van der Waals surface area contributed by atoms with E-state index in [1.54, 1.807) is 19.2 Å². The highest BCUT2D eigenvalue weighted by Gasteiger charge is 2.35. The topological polar surface area (TPSA) is 72.1 Å². The van der Waals surface area contributed by atoms with Gasteiger partial charge in [0.1, 0.15) is 16.6 Å². The second-order valence-corrected chi connectivity index (χ2v) is 8.29. The van der Waals surface area contributed by atoms with Crippen molar-refractivity contribution in [1.82, 2.24) is 9.97 Å². The van der Waals surface area contributed by atoms with Crippen molar-refractivity contribution in [2.45, 2.75) is 42.1 Å². The van der Waals surface area contributed by atoms with Crippen LogP contribution in [0.25, 0.3) is 0 Å². The third-order valence-electron chi connectivity index (χ3n) is 4.69. The summed E-state index contributed by atoms with van der Waals surface area (Å²) in [7, 11) is 0. The van der Waals surface area contributed by atoms with Crippen molar-refractivity contribution in [1.29, 1.82) is 0 Å². The van der Waals surface area contributed by atoms with Crippen LogP contribution < -0.4 is 10.6 Å². The van der Waals surface area contributed by atoms with Crippen LogP contribution in [-0.2, 0) is 4.79 Å². The number of anilines is 1. The van der Waals surface area contributed by atoms with Gasteiger partial charge in [0.2, 0.25) is 0 Å². The lowest BCUT2D eigenvalue weighted by Gasteiger charge is -2.38. The number of hydrogen-bond acceptors (Lipinski definition) is 6. The number of Topliss-reactive ketones (excluding diaryl/α,β-unsaturated/α-hetero) is 1. The van der Waals surface area contributed by atoms with Crippen LogP contribution in [0.5, 0.6) is 0 Å². The molecule has 0 bridgehead atoms. The van der Waals surface area contributed by atoms with Crippen LogP contribution in [0.2, 0.25) is 10.0 Å². The number of halogens is 2. The number of carbonyl (C=O) groups excluding carboxylic acids is 1. The van der Waals surface area contributed by atoms with Crippen molar-refractivity contribution in [3.63, 3.8) is 0 Å². The number of ketones is 1. The Kier molecular flexibility index (Phi) is 5.77. The zero-order chi connectivity index (χ0) is 18.9. The van der Waals surface area contributed by atoms with Crippen molar-refractivity contribution < 1.29 is 4.79 Å². The predicted molar refractivity (Wildman–Crippen MR) is 106 cm³/mol. The summed E-state index contributed by atoms with van der Waals surface area (Å²) in [6.45, 7) is 4.87. The van der Waals surface area contributed by atoms with E-state index in [-0.39, 0.29) is 5.78 Å². The Hall–Kier alpha value is -1.34. The average molecular weight is 411 g/mol. The molecule has 0 radical (unpaired) electrons. The van der Waals surface area contributed by atoms with Gasteiger partial charge in [-0.1, -0.05) is 41.0 Å². The van der Waals surface area contributed by atoms with Crippen LogP contribution in [-0.4, -0.2) is 34.4 Å². The van der Waals surface area contributed by atoms with Crippen LogP contribution in [0, 0.1) is 6.92 Å². The van der Waals surface area contributed by atoms with E-state index >= 15 is 0 Å². The van der Waals surface area contributed by atoms with Crippen molar-refractivity contribution in [2.24, 2.45) is 5.73 Å². The molecule has 2 aromatic rings. The molecule has 1 aliphatic heterocycles. The Bertz CT molecular complexity index is 838. The lowest BCUT2D eigenvalue weighted by Crippen LogP contribution is -2.55. The maximum atomic E-state index is 11.7. The number of benzene rings is 1. The predicted octanol–water partition coefficient (Wildman–Crippen LogP) is 4.13. The summed E-state index contributed by atoms with van der Waals surface area (Å²) in [5.41, 5.74) is 6.28. The van der Waals surface area contributed by atoms with E-state index in [1.165, 1.54) is 11.8 Å². The number of nitrogens with zero attached hydrogens (tertiary/aromatic N) is 3. The first-order chi connectivity index (χ1) is 12.3. The van der Waals surface area contributed by atoms with Crippen LogP contribution >= 0.6 is 35.0 Å². The molecule has 1 fully saturated rings. The fourth-order valence-electron chi connectivity index (χ4n) is 2.86. The van der Waals surface area contributed by atoms with Crippen LogP contribution in [0.3, 0.4) is 0 Å². The molecule has 2 N–H and O–H groups in total. The number of rotatable bonds is 4. The van der Waals surface area contributed by atoms with E-state index in [9.17, 15) is 4.79 Å². The van der Waals surface area contributed by atoms with Crippen molar-refractivity contribution >= 4 is 46.6 Å². The zero-order valence-corrected chi connectivity index (χ0v) is 17.0. The van der Waals surface area contributed by atoms with E-state index in [1.807, 2.05) is 19.1 Å². The first-order valence-electron chi connectivity index (χ1n) is 8.30. The molecule has 2 heterocycles. The molecular weight excluding hydrogens is 391 g/mol. The fourth-order valence-corrected chi connectivity index (χ4v) is 4.19.